The highest BCUT2D eigenvalue weighted by Crippen LogP contribution is 2.33. The average Bonchev–Trinajstić information content (AvgIpc) is 2.39. The quantitative estimate of drug-likeness (QED) is 0.934. The van der Waals surface area contributed by atoms with Gasteiger partial charge in [-0.2, -0.15) is 0 Å². The minimum absolute atomic E-state index is 0.0960. The number of hydrogen-bond donors (Lipinski definition) is 1. The third kappa shape index (κ3) is 3.01. The van der Waals surface area contributed by atoms with Gasteiger partial charge in [-0.1, -0.05) is 11.6 Å². The summed E-state index contributed by atoms with van der Waals surface area (Å²) in [5, 5.41) is 8.47. The molecule has 0 bridgehead atoms. The standard InChI is InChI=1S/C13H9ClF3NO4/c1-2-18-5-7(12(20)21)11(19)6-3-8(14)10(4-9(6)18)22-13(15,16)17/h3-5H,2H2,1H3,(H,20,21). The monoisotopic (exact) mass is 335 g/mol. The zero-order chi connectivity index (χ0) is 16.7. The molecule has 0 aliphatic heterocycles. The van der Waals surface area contributed by atoms with Crippen LogP contribution in [0.15, 0.2) is 23.1 Å². The van der Waals surface area contributed by atoms with Crippen molar-refractivity contribution in [2.45, 2.75) is 19.8 Å². The Hall–Kier alpha value is -2.22. The minimum atomic E-state index is -4.93. The molecule has 1 aromatic heterocycles. The van der Waals surface area contributed by atoms with Crippen LogP contribution >= 0.6 is 11.6 Å². The van der Waals surface area contributed by atoms with E-state index in [2.05, 4.69) is 4.74 Å². The van der Waals surface area contributed by atoms with E-state index in [1.54, 1.807) is 6.92 Å². The molecule has 5 nitrogen and oxygen atoms in total. The number of aryl methyl sites for hydroxylation is 1. The molecule has 22 heavy (non-hydrogen) atoms. The molecule has 9 heteroatoms. The van der Waals surface area contributed by atoms with Gasteiger partial charge in [-0.25, -0.2) is 4.79 Å². The number of nitrogens with zero attached hydrogens (tertiary/aromatic N) is 1. The molecule has 0 saturated heterocycles. The zero-order valence-electron chi connectivity index (χ0n) is 11.1. The molecule has 0 radical (unpaired) electrons. The van der Waals surface area contributed by atoms with Crippen molar-refractivity contribution < 1.29 is 27.8 Å². The van der Waals surface area contributed by atoms with Crippen molar-refractivity contribution in [3.8, 4) is 5.75 Å². The highest BCUT2D eigenvalue weighted by Gasteiger charge is 2.32. The molecule has 2 aromatic rings. The number of aromatic nitrogens is 1. The lowest BCUT2D eigenvalue weighted by atomic mass is 10.1. The maximum Gasteiger partial charge on any atom is 0.573 e. The Morgan fingerprint density at radius 3 is 2.55 bits per heavy atom. The summed E-state index contributed by atoms with van der Waals surface area (Å²) >= 11 is 5.69. The van der Waals surface area contributed by atoms with Gasteiger partial charge in [-0.05, 0) is 13.0 Å². The van der Waals surface area contributed by atoms with Crippen LogP contribution in [0.2, 0.25) is 5.02 Å². The molecule has 0 spiro atoms. The number of pyridine rings is 1. The summed E-state index contributed by atoms with van der Waals surface area (Å²) in [4.78, 5) is 23.1. The number of aromatic carboxylic acids is 1. The van der Waals surface area contributed by atoms with Crippen LogP contribution in [0.3, 0.4) is 0 Å². The van der Waals surface area contributed by atoms with E-state index in [-0.39, 0.29) is 17.4 Å². The summed E-state index contributed by atoms with van der Waals surface area (Å²) in [6.45, 7) is 1.89. The van der Waals surface area contributed by atoms with Gasteiger partial charge in [0.05, 0.1) is 10.5 Å². The zero-order valence-corrected chi connectivity index (χ0v) is 11.8. The first-order valence-electron chi connectivity index (χ1n) is 5.99. The highest BCUT2D eigenvalue weighted by atomic mass is 35.5. The molecule has 0 atom stereocenters. The number of fused-ring (bicyclic) bond motifs is 1. The molecule has 0 unspecified atom stereocenters. The molecule has 1 heterocycles. The van der Waals surface area contributed by atoms with Crippen LogP contribution in [0.25, 0.3) is 10.9 Å². The van der Waals surface area contributed by atoms with Crippen molar-refractivity contribution >= 4 is 28.5 Å². The molecule has 0 aliphatic carbocycles. The van der Waals surface area contributed by atoms with E-state index < -0.39 is 34.1 Å². The first-order valence-corrected chi connectivity index (χ1v) is 6.37. The number of benzene rings is 1. The molecular formula is C13H9ClF3NO4. The third-order valence-electron chi connectivity index (χ3n) is 2.93. The number of carboxylic acid groups (broad SMARTS) is 1. The average molecular weight is 336 g/mol. The van der Waals surface area contributed by atoms with Gasteiger partial charge in [-0.15, -0.1) is 13.2 Å². The van der Waals surface area contributed by atoms with E-state index in [0.29, 0.717) is 0 Å². The predicted molar refractivity (Wildman–Crippen MR) is 72.5 cm³/mol. The van der Waals surface area contributed by atoms with E-state index >= 15 is 0 Å². The van der Waals surface area contributed by atoms with Gasteiger partial charge in [0, 0.05) is 24.2 Å². The first kappa shape index (κ1) is 16.2. The fourth-order valence-corrected chi connectivity index (χ4v) is 2.21. The predicted octanol–water partition coefficient (Wildman–Crippen LogP) is 3.27. The van der Waals surface area contributed by atoms with E-state index in [0.717, 1.165) is 18.3 Å². The fourth-order valence-electron chi connectivity index (χ4n) is 2.01. The van der Waals surface area contributed by atoms with Crippen LogP contribution in [0.4, 0.5) is 13.2 Å². The van der Waals surface area contributed by atoms with Gasteiger partial charge < -0.3 is 14.4 Å². The number of halogens is 4. The SMILES string of the molecule is CCn1cc(C(=O)O)c(=O)c2cc(Cl)c(OC(F)(F)F)cc21. The molecule has 0 aliphatic rings. The van der Waals surface area contributed by atoms with Gasteiger partial charge in [-0.3, -0.25) is 4.79 Å². The largest absolute Gasteiger partial charge is 0.573 e. The van der Waals surface area contributed by atoms with Crippen LogP contribution in [0.1, 0.15) is 17.3 Å². The van der Waals surface area contributed by atoms with E-state index in [1.165, 1.54) is 4.57 Å². The van der Waals surface area contributed by atoms with Crippen molar-refractivity contribution in [3.05, 3.63) is 39.1 Å². The second-order valence-electron chi connectivity index (χ2n) is 4.31. The minimum Gasteiger partial charge on any atom is -0.477 e. The van der Waals surface area contributed by atoms with Gasteiger partial charge in [0.25, 0.3) is 0 Å². The van der Waals surface area contributed by atoms with Crippen LogP contribution in [-0.2, 0) is 6.54 Å². The van der Waals surface area contributed by atoms with Gasteiger partial charge in [0.2, 0.25) is 5.43 Å². The van der Waals surface area contributed by atoms with Gasteiger partial charge in [0.15, 0.2) is 0 Å². The second kappa shape index (κ2) is 5.53. The Morgan fingerprint density at radius 2 is 2.05 bits per heavy atom. The van der Waals surface area contributed by atoms with Gasteiger partial charge in [0.1, 0.15) is 11.3 Å². The van der Waals surface area contributed by atoms with E-state index in [9.17, 15) is 22.8 Å². The molecule has 0 saturated carbocycles. The molecule has 0 amide bonds. The molecular weight excluding hydrogens is 327 g/mol. The lowest BCUT2D eigenvalue weighted by Gasteiger charge is -2.14. The Balaban J connectivity index is 2.80. The van der Waals surface area contributed by atoms with E-state index in [4.69, 9.17) is 16.7 Å². The number of ether oxygens (including phenoxy) is 1. The third-order valence-corrected chi connectivity index (χ3v) is 3.23. The topological polar surface area (TPSA) is 68.5 Å². The molecule has 1 N–H and O–H groups in total. The lowest BCUT2D eigenvalue weighted by molar-refractivity contribution is -0.274. The first-order chi connectivity index (χ1) is 10.1. The van der Waals surface area contributed by atoms with Crippen molar-refractivity contribution in [3.63, 3.8) is 0 Å². The van der Waals surface area contributed by atoms with Crippen LogP contribution in [-0.4, -0.2) is 22.0 Å². The maximum absolute atomic E-state index is 12.3. The van der Waals surface area contributed by atoms with Crippen molar-refractivity contribution in [2.24, 2.45) is 0 Å². The van der Waals surface area contributed by atoms with Crippen molar-refractivity contribution in [1.82, 2.24) is 4.57 Å². The molecule has 118 valence electrons. The highest BCUT2D eigenvalue weighted by molar-refractivity contribution is 6.32. The number of carbonyl (C=O) groups is 1. The molecule has 2 rings (SSSR count). The summed E-state index contributed by atoms with van der Waals surface area (Å²) in [6, 6.07) is 1.93. The lowest BCUT2D eigenvalue weighted by Crippen LogP contribution is -2.20. The summed E-state index contributed by atoms with van der Waals surface area (Å²) in [7, 11) is 0. The molecule has 1 aromatic carbocycles. The van der Waals surface area contributed by atoms with E-state index in [1.807, 2.05) is 0 Å². The number of alkyl halides is 3. The normalized spacial score (nSPS) is 11.7. The van der Waals surface area contributed by atoms with Gasteiger partial charge >= 0.3 is 12.3 Å². The molecule has 0 fully saturated rings. The Bertz CT molecular complexity index is 814. The van der Waals surface area contributed by atoms with Crippen LogP contribution in [0.5, 0.6) is 5.75 Å². The summed E-state index contributed by atoms with van der Waals surface area (Å²) in [5.41, 5.74) is -1.22. The maximum atomic E-state index is 12.3. The summed E-state index contributed by atoms with van der Waals surface area (Å²) in [6.07, 6.45) is -3.87. The van der Waals surface area contributed by atoms with Crippen molar-refractivity contribution in [2.75, 3.05) is 0 Å². The van der Waals surface area contributed by atoms with Crippen LogP contribution in [0, 0.1) is 0 Å². The Labute approximate surface area is 126 Å². The summed E-state index contributed by atoms with van der Waals surface area (Å²) in [5.74, 6) is -2.09. The number of rotatable bonds is 3. The fraction of sp³-hybridized carbons (Fsp3) is 0.231. The van der Waals surface area contributed by atoms with Crippen molar-refractivity contribution in [1.29, 1.82) is 0 Å². The Morgan fingerprint density at radius 1 is 1.41 bits per heavy atom. The number of hydrogen-bond acceptors (Lipinski definition) is 3. The Kier molecular flexibility index (Phi) is 4.06. The summed E-state index contributed by atoms with van der Waals surface area (Å²) < 4.78 is 42.1. The van der Waals surface area contributed by atoms with Crippen LogP contribution < -0.4 is 10.2 Å². The smallest absolute Gasteiger partial charge is 0.477 e. The number of carboxylic acids is 1. The second-order valence-corrected chi connectivity index (χ2v) is 4.72.